The summed E-state index contributed by atoms with van der Waals surface area (Å²) in [4.78, 5) is 12.9. The summed E-state index contributed by atoms with van der Waals surface area (Å²) in [5, 5.41) is 2.10. The quantitative estimate of drug-likeness (QED) is 0.614. The molecule has 0 amide bonds. The number of allylic oxidation sites excluding steroid dienone is 5. The van der Waals surface area contributed by atoms with Crippen LogP contribution < -0.4 is 0 Å². The smallest absolute Gasteiger partial charge is 0.178 e. The average molecular weight is 402 g/mol. The number of carbonyl (C=O) groups is 1. The summed E-state index contributed by atoms with van der Waals surface area (Å²) in [6.07, 6.45) is 7.49. The van der Waals surface area contributed by atoms with E-state index >= 15 is 0 Å². The third-order valence-electron chi connectivity index (χ3n) is 4.03. The summed E-state index contributed by atoms with van der Waals surface area (Å²) in [6.45, 7) is 0. The van der Waals surface area contributed by atoms with Gasteiger partial charge in [-0.15, -0.1) is 11.3 Å². The second-order valence-electron chi connectivity index (χ2n) is 5.15. The van der Waals surface area contributed by atoms with Gasteiger partial charge in [-0.2, -0.15) is 0 Å². The molecule has 1 heterocycles. The van der Waals surface area contributed by atoms with Crippen LogP contribution in [0.4, 0.5) is 0 Å². The normalized spacial score (nSPS) is 18.6. The standard InChI is InChI=1S/C18H11IOS/c19-17-13-4-1-2-5-14(13)18(9-7-12(20)8-10-18)16(17)15-6-3-11-21-15/h1-11H. The summed E-state index contributed by atoms with van der Waals surface area (Å²) in [6, 6.07) is 12.7. The van der Waals surface area contributed by atoms with Gasteiger partial charge in [0.1, 0.15) is 0 Å². The molecule has 1 aromatic carbocycles. The first-order valence-corrected chi connectivity index (χ1v) is 8.65. The summed E-state index contributed by atoms with van der Waals surface area (Å²) in [5.74, 6) is 0.0607. The molecule has 0 aliphatic heterocycles. The van der Waals surface area contributed by atoms with Crippen molar-refractivity contribution in [2.24, 2.45) is 0 Å². The van der Waals surface area contributed by atoms with Crippen molar-refractivity contribution in [1.82, 2.24) is 0 Å². The van der Waals surface area contributed by atoms with Crippen molar-refractivity contribution < 1.29 is 4.79 Å². The van der Waals surface area contributed by atoms with Gasteiger partial charge in [0.2, 0.25) is 0 Å². The SMILES string of the molecule is O=C1C=CC2(C=C1)C(c1cccs1)=C(I)c1ccccc12. The highest BCUT2D eigenvalue weighted by Gasteiger charge is 2.42. The van der Waals surface area contributed by atoms with Gasteiger partial charge in [0.15, 0.2) is 5.78 Å². The molecule has 1 spiro atoms. The Kier molecular flexibility index (Phi) is 3.01. The minimum Gasteiger partial charge on any atom is -0.290 e. The third-order valence-corrected chi connectivity index (χ3v) is 6.04. The van der Waals surface area contributed by atoms with E-state index in [0.717, 1.165) is 0 Å². The minimum absolute atomic E-state index is 0.0607. The van der Waals surface area contributed by atoms with Crippen molar-refractivity contribution in [2.45, 2.75) is 5.41 Å². The molecule has 0 bridgehead atoms. The largest absolute Gasteiger partial charge is 0.290 e. The van der Waals surface area contributed by atoms with Crippen LogP contribution in [0.3, 0.4) is 0 Å². The van der Waals surface area contributed by atoms with Crippen LogP contribution in [0.1, 0.15) is 16.0 Å². The first kappa shape index (κ1) is 13.2. The second-order valence-corrected chi connectivity index (χ2v) is 7.18. The molecule has 1 aromatic heterocycles. The van der Waals surface area contributed by atoms with E-state index in [1.54, 1.807) is 23.5 Å². The maximum atomic E-state index is 11.6. The number of hydrogen-bond donors (Lipinski definition) is 0. The van der Waals surface area contributed by atoms with E-state index in [2.05, 4.69) is 76.5 Å². The lowest BCUT2D eigenvalue weighted by Gasteiger charge is -2.28. The highest BCUT2D eigenvalue weighted by molar-refractivity contribution is 14.1. The van der Waals surface area contributed by atoms with E-state index in [-0.39, 0.29) is 11.2 Å². The van der Waals surface area contributed by atoms with E-state index in [4.69, 9.17) is 0 Å². The minimum atomic E-state index is -0.300. The third kappa shape index (κ3) is 1.84. The second kappa shape index (κ2) is 4.78. The van der Waals surface area contributed by atoms with Crippen LogP contribution in [0, 0.1) is 0 Å². The van der Waals surface area contributed by atoms with Crippen LogP contribution in [0.15, 0.2) is 66.1 Å². The molecule has 0 N–H and O–H groups in total. The zero-order chi connectivity index (χ0) is 14.4. The molecule has 0 fully saturated rings. The van der Waals surface area contributed by atoms with Crippen LogP contribution in [0.2, 0.25) is 0 Å². The lowest BCUT2D eigenvalue weighted by atomic mass is 9.74. The van der Waals surface area contributed by atoms with Gasteiger partial charge in [0.25, 0.3) is 0 Å². The van der Waals surface area contributed by atoms with Gasteiger partial charge in [-0.25, -0.2) is 0 Å². The zero-order valence-corrected chi connectivity index (χ0v) is 14.0. The highest BCUT2D eigenvalue weighted by atomic mass is 127. The molecule has 21 heavy (non-hydrogen) atoms. The molecule has 0 saturated carbocycles. The van der Waals surface area contributed by atoms with Crippen molar-refractivity contribution in [3.05, 3.63) is 82.1 Å². The fraction of sp³-hybridized carbons (Fsp3) is 0.0556. The number of rotatable bonds is 1. The zero-order valence-electron chi connectivity index (χ0n) is 11.0. The molecule has 102 valence electrons. The Morgan fingerprint density at radius 3 is 2.48 bits per heavy atom. The average Bonchev–Trinajstić information content (AvgIpc) is 3.10. The fourth-order valence-corrected chi connectivity index (χ4v) is 5.34. The topological polar surface area (TPSA) is 17.1 Å². The molecule has 2 aliphatic rings. The lowest BCUT2D eigenvalue weighted by molar-refractivity contribution is -0.110. The lowest BCUT2D eigenvalue weighted by Crippen LogP contribution is -2.23. The van der Waals surface area contributed by atoms with E-state index in [0.29, 0.717) is 0 Å². The van der Waals surface area contributed by atoms with E-state index in [9.17, 15) is 4.79 Å². The monoisotopic (exact) mass is 402 g/mol. The Morgan fingerprint density at radius 2 is 1.76 bits per heavy atom. The van der Waals surface area contributed by atoms with Crippen LogP contribution in [-0.2, 0) is 10.2 Å². The van der Waals surface area contributed by atoms with Crippen LogP contribution in [0.5, 0.6) is 0 Å². The molecule has 4 rings (SSSR count). The van der Waals surface area contributed by atoms with E-state index < -0.39 is 0 Å². The van der Waals surface area contributed by atoms with E-state index in [1.807, 2.05) is 0 Å². The van der Waals surface area contributed by atoms with Crippen LogP contribution >= 0.6 is 33.9 Å². The molecule has 0 unspecified atom stereocenters. The van der Waals surface area contributed by atoms with Gasteiger partial charge in [-0.1, -0.05) is 42.5 Å². The van der Waals surface area contributed by atoms with Crippen molar-refractivity contribution in [3.63, 3.8) is 0 Å². The van der Waals surface area contributed by atoms with Gasteiger partial charge < -0.3 is 0 Å². The first-order valence-electron chi connectivity index (χ1n) is 6.69. The van der Waals surface area contributed by atoms with Gasteiger partial charge in [0.05, 0.1) is 5.41 Å². The number of carbonyl (C=O) groups excluding carboxylic acids is 1. The Balaban J connectivity index is 2.05. The molecule has 2 aliphatic carbocycles. The summed E-state index contributed by atoms with van der Waals surface area (Å²) in [5.41, 5.74) is 3.52. The van der Waals surface area contributed by atoms with Crippen LogP contribution in [-0.4, -0.2) is 5.78 Å². The number of benzene rings is 1. The predicted octanol–water partition coefficient (Wildman–Crippen LogP) is 5.00. The molecular formula is C18H11IOS. The molecule has 1 nitrogen and oxygen atoms in total. The number of ketones is 1. The number of halogens is 1. The molecule has 2 aromatic rings. The van der Waals surface area contributed by atoms with Crippen LogP contribution in [0.25, 0.3) is 9.15 Å². The highest BCUT2D eigenvalue weighted by Crippen LogP contribution is 2.56. The number of fused-ring (bicyclic) bond motifs is 2. The Bertz CT molecular complexity index is 809. The molecule has 3 heteroatoms. The van der Waals surface area contributed by atoms with Crippen molar-refractivity contribution in [1.29, 1.82) is 0 Å². The van der Waals surface area contributed by atoms with Gasteiger partial charge >= 0.3 is 0 Å². The Hall–Kier alpha value is -1.46. The van der Waals surface area contributed by atoms with Crippen molar-refractivity contribution in [3.8, 4) is 0 Å². The summed E-state index contributed by atoms with van der Waals surface area (Å²) >= 11 is 4.19. The Labute approximate surface area is 140 Å². The van der Waals surface area contributed by atoms with Gasteiger partial charge in [-0.3, -0.25) is 4.79 Å². The fourth-order valence-electron chi connectivity index (χ4n) is 3.10. The summed E-state index contributed by atoms with van der Waals surface area (Å²) < 4.78 is 1.27. The first-order chi connectivity index (χ1) is 10.2. The maximum absolute atomic E-state index is 11.6. The Morgan fingerprint density at radius 1 is 1.00 bits per heavy atom. The molecule has 0 radical (unpaired) electrons. The number of thiophene rings is 1. The molecular weight excluding hydrogens is 391 g/mol. The summed E-state index contributed by atoms with van der Waals surface area (Å²) in [7, 11) is 0. The van der Waals surface area contributed by atoms with Crippen molar-refractivity contribution in [2.75, 3.05) is 0 Å². The van der Waals surface area contributed by atoms with Gasteiger partial charge in [0, 0.05) is 14.0 Å². The molecule has 0 atom stereocenters. The van der Waals surface area contributed by atoms with Gasteiger partial charge in [-0.05, 0) is 57.3 Å². The maximum Gasteiger partial charge on any atom is 0.178 e. The predicted molar refractivity (Wildman–Crippen MR) is 96.6 cm³/mol. The molecule has 0 saturated heterocycles. The number of hydrogen-bond acceptors (Lipinski definition) is 2. The van der Waals surface area contributed by atoms with Crippen molar-refractivity contribution >= 4 is 48.9 Å². The van der Waals surface area contributed by atoms with E-state index in [1.165, 1.54) is 25.2 Å².